The quantitative estimate of drug-likeness (QED) is 0.580. The lowest BCUT2D eigenvalue weighted by Gasteiger charge is -2.35. The standard InChI is InChI=1S/C23H26N2O4/c1-5-29-22(27)24-17-8-6-7-15(11-17)21(26)13-20-19-12-18(28-4)10-9-16(19)14-23(2,3)25-20/h6-13,25H,5,14H2,1-4H3,(H,24,27)/b20-13-. The monoisotopic (exact) mass is 394 g/mol. The fraction of sp³-hybridized carbons (Fsp3) is 0.304. The number of carbonyl (C=O) groups is 2. The van der Waals surface area contributed by atoms with Crippen molar-refractivity contribution in [1.29, 1.82) is 0 Å². The Labute approximate surface area is 170 Å². The molecule has 0 saturated carbocycles. The molecule has 1 aliphatic heterocycles. The number of hydrogen-bond donors (Lipinski definition) is 2. The normalized spacial score (nSPS) is 15.8. The molecular formula is C23H26N2O4. The van der Waals surface area contributed by atoms with Gasteiger partial charge in [-0.15, -0.1) is 0 Å². The summed E-state index contributed by atoms with van der Waals surface area (Å²) < 4.78 is 10.2. The van der Waals surface area contributed by atoms with Crippen molar-refractivity contribution in [2.75, 3.05) is 19.0 Å². The van der Waals surface area contributed by atoms with Gasteiger partial charge in [0.1, 0.15) is 5.75 Å². The lowest BCUT2D eigenvalue weighted by Crippen LogP contribution is -2.43. The molecule has 29 heavy (non-hydrogen) atoms. The predicted octanol–water partition coefficient (Wildman–Crippen LogP) is 4.41. The Bertz CT molecular complexity index is 963. The van der Waals surface area contributed by atoms with E-state index in [1.807, 2.05) is 18.2 Å². The van der Waals surface area contributed by atoms with E-state index in [0.29, 0.717) is 11.3 Å². The largest absolute Gasteiger partial charge is 0.497 e. The van der Waals surface area contributed by atoms with Crippen molar-refractivity contribution in [3.63, 3.8) is 0 Å². The van der Waals surface area contributed by atoms with Crippen LogP contribution in [-0.4, -0.2) is 31.1 Å². The van der Waals surface area contributed by atoms with Gasteiger partial charge in [-0.25, -0.2) is 4.79 Å². The summed E-state index contributed by atoms with van der Waals surface area (Å²) in [5.74, 6) is 0.579. The maximum Gasteiger partial charge on any atom is 0.411 e. The maximum atomic E-state index is 13.0. The Hall–Kier alpha value is -3.28. The van der Waals surface area contributed by atoms with Crippen LogP contribution < -0.4 is 15.4 Å². The van der Waals surface area contributed by atoms with E-state index in [9.17, 15) is 9.59 Å². The van der Waals surface area contributed by atoms with E-state index < -0.39 is 6.09 Å². The van der Waals surface area contributed by atoms with Crippen LogP contribution in [0.15, 0.2) is 48.5 Å². The van der Waals surface area contributed by atoms with Gasteiger partial charge >= 0.3 is 6.09 Å². The van der Waals surface area contributed by atoms with Crippen LogP contribution in [0, 0.1) is 0 Å². The minimum absolute atomic E-state index is 0.161. The third-order valence-corrected chi connectivity index (χ3v) is 4.66. The van der Waals surface area contributed by atoms with Gasteiger partial charge < -0.3 is 14.8 Å². The molecule has 2 aromatic carbocycles. The summed E-state index contributed by atoms with van der Waals surface area (Å²) in [5.41, 5.74) is 3.67. The van der Waals surface area contributed by atoms with Gasteiger partial charge in [0.25, 0.3) is 0 Å². The lowest BCUT2D eigenvalue weighted by molar-refractivity contribution is 0.104. The third-order valence-electron chi connectivity index (χ3n) is 4.66. The van der Waals surface area contributed by atoms with Crippen LogP contribution in [0.4, 0.5) is 10.5 Å². The zero-order valence-electron chi connectivity index (χ0n) is 17.2. The average Bonchev–Trinajstić information content (AvgIpc) is 2.67. The minimum Gasteiger partial charge on any atom is -0.497 e. The number of ether oxygens (including phenoxy) is 2. The molecule has 0 fully saturated rings. The van der Waals surface area contributed by atoms with Crippen LogP contribution in [0.5, 0.6) is 5.75 Å². The number of fused-ring (bicyclic) bond motifs is 1. The van der Waals surface area contributed by atoms with E-state index in [1.54, 1.807) is 44.4 Å². The highest BCUT2D eigenvalue weighted by Crippen LogP contribution is 2.32. The molecule has 0 unspecified atom stereocenters. The van der Waals surface area contributed by atoms with E-state index in [1.165, 1.54) is 0 Å². The van der Waals surface area contributed by atoms with Crippen LogP contribution in [-0.2, 0) is 11.2 Å². The highest BCUT2D eigenvalue weighted by Gasteiger charge is 2.28. The highest BCUT2D eigenvalue weighted by atomic mass is 16.5. The average molecular weight is 394 g/mol. The second-order valence-corrected chi connectivity index (χ2v) is 7.56. The van der Waals surface area contributed by atoms with Gasteiger partial charge in [-0.3, -0.25) is 10.1 Å². The van der Waals surface area contributed by atoms with E-state index in [0.717, 1.165) is 29.0 Å². The molecule has 152 valence electrons. The Kier molecular flexibility index (Phi) is 5.92. The second kappa shape index (κ2) is 8.39. The molecule has 0 bridgehead atoms. The minimum atomic E-state index is -0.549. The van der Waals surface area contributed by atoms with Crippen molar-refractivity contribution < 1.29 is 19.1 Å². The number of anilines is 1. The molecule has 1 amide bonds. The van der Waals surface area contributed by atoms with E-state index in [2.05, 4.69) is 24.5 Å². The maximum absolute atomic E-state index is 13.0. The molecular weight excluding hydrogens is 368 g/mol. The van der Waals surface area contributed by atoms with Crippen LogP contribution >= 0.6 is 0 Å². The predicted molar refractivity (Wildman–Crippen MR) is 113 cm³/mol. The number of hydrogen-bond acceptors (Lipinski definition) is 5. The summed E-state index contributed by atoms with van der Waals surface area (Å²) in [7, 11) is 1.62. The van der Waals surface area contributed by atoms with Crippen LogP contribution in [0.25, 0.3) is 5.70 Å². The van der Waals surface area contributed by atoms with Gasteiger partial charge in [0.2, 0.25) is 0 Å². The van der Waals surface area contributed by atoms with E-state index in [4.69, 9.17) is 9.47 Å². The number of benzene rings is 2. The molecule has 0 spiro atoms. The number of carbonyl (C=O) groups excluding carboxylic acids is 2. The molecule has 0 saturated heterocycles. The van der Waals surface area contributed by atoms with Crippen molar-refractivity contribution >= 4 is 23.3 Å². The molecule has 6 nitrogen and oxygen atoms in total. The van der Waals surface area contributed by atoms with Gasteiger partial charge in [-0.1, -0.05) is 18.2 Å². The van der Waals surface area contributed by atoms with Gasteiger partial charge in [-0.2, -0.15) is 0 Å². The molecule has 2 N–H and O–H groups in total. The van der Waals surface area contributed by atoms with Crippen LogP contribution in [0.3, 0.4) is 0 Å². The number of methoxy groups -OCH3 is 1. The first-order valence-corrected chi connectivity index (χ1v) is 9.56. The Morgan fingerprint density at radius 1 is 1.21 bits per heavy atom. The van der Waals surface area contributed by atoms with Crippen molar-refractivity contribution in [2.45, 2.75) is 32.7 Å². The Morgan fingerprint density at radius 3 is 2.72 bits per heavy atom. The number of ketones is 1. The van der Waals surface area contributed by atoms with Gasteiger partial charge in [-0.05, 0) is 57.0 Å². The molecule has 0 aliphatic carbocycles. The van der Waals surface area contributed by atoms with Gasteiger partial charge in [0, 0.05) is 34.1 Å². The van der Waals surface area contributed by atoms with E-state index in [-0.39, 0.29) is 17.9 Å². The van der Waals surface area contributed by atoms with Crippen molar-refractivity contribution in [1.82, 2.24) is 5.32 Å². The summed E-state index contributed by atoms with van der Waals surface area (Å²) in [6.07, 6.45) is 1.89. The van der Waals surface area contributed by atoms with Crippen molar-refractivity contribution in [3.05, 3.63) is 65.2 Å². The number of nitrogens with one attached hydrogen (secondary N) is 2. The van der Waals surface area contributed by atoms with Gasteiger partial charge in [0.05, 0.1) is 13.7 Å². The Balaban J connectivity index is 1.92. The van der Waals surface area contributed by atoms with Crippen LogP contribution in [0.2, 0.25) is 0 Å². The molecule has 3 rings (SSSR count). The van der Waals surface area contributed by atoms with E-state index >= 15 is 0 Å². The summed E-state index contributed by atoms with van der Waals surface area (Å²) in [5, 5.41) is 6.08. The summed E-state index contributed by atoms with van der Waals surface area (Å²) in [4.78, 5) is 24.6. The highest BCUT2D eigenvalue weighted by molar-refractivity contribution is 6.09. The summed E-state index contributed by atoms with van der Waals surface area (Å²) in [6, 6.07) is 12.7. The summed E-state index contributed by atoms with van der Waals surface area (Å²) >= 11 is 0. The SMILES string of the molecule is CCOC(=O)Nc1cccc(C(=O)/C=C2\NC(C)(C)Cc3ccc(OC)cc32)c1. The molecule has 1 heterocycles. The van der Waals surface area contributed by atoms with Crippen molar-refractivity contribution in [2.24, 2.45) is 0 Å². The fourth-order valence-corrected chi connectivity index (χ4v) is 3.40. The lowest BCUT2D eigenvalue weighted by atomic mass is 9.85. The number of rotatable bonds is 5. The molecule has 0 aromatic heterocycles. The molecule has 2 aromatic rings. The van der Waals surface area contributed by atoms with Crippen LogP contribution in [0.1, 0.15) is 42.3 Å². The second-order valence-electron chi connectivity index (χ2n) is 7.56. The zero-order valence-corrected chi connectivity index (χ0v) is 17.2. The third kappa shape index (κ3) is 4.96. The first-order chi connectivity index (χ1) is 13.8. The number of amides is 1. The molecule has 0 radical (unpaired) electrons. The molecule has 1 aliphatic rings. The van der Waals surface area contributed by atoms with Gasteiger partial charge in [0.15, 0.2) is 5.78 Å². The number of allylic oxidation sites excluding steroid dienone is 1. The topological polar surface area (TPSA) is 76.7 Å². The molecule has 0 atom stereocenters. The first-order valence-electron chi connectivity index (χ1n) is 9.56. The Morgan fingerprint density at radius 2 is 2.00 bits per heavy atom. The fourth-order valence-electron chi connectivity index (χ4n) is 3.40. The first kappa shape index (κ1) is 20.5. The smallest absolute Gasteiger partial charge is 0.411 e. The van der Waals surface area contributed by atoms with Crippen molar-refractivity contribution in [3.8, 4) is 5.75 Å². The zero-order chi connectivity index (χ0) is 21.0. The summed E-state index contributed by atoms with van der Waals surface area (Å²) in [6.45, 7) is 6.21. The molecule has 6 heteroatoms.